The number of benzene rings is 1. The lowest BCUT2D eigenvalue weighted by Crippen LogP contribution is -2.53. The lowest BCUT2D eigenvalue weighted by atomic mass is 9.94. The molecule has 0 radical (unpaired) electrons. The van der Waals surface area contributed by atoms with E-state index in [0.717, 1.165) is 25.7 Å². The number of amides is 3. The normalized spacial score (nSPS) is 21.3. The van der Waals surface area contributed by atoms with Crippen molar-refractivity contribution in [3.8, 4) is 0 Å². The average molecular weight is 369 g/mol. The summed E-state index contributed by atoms with van der Waals surface area (Å²) in [6.45, 7) is 3.77. The largest absolute Gasteiger partial charge is 0.342 e. The van der Waals surface area contributed by atoms with Gasteiger partial charge in [-0.3, -0.25) is 14.4 Å². The summed E-state index contributed by atoms with van der Waals surface area (Å²) in [7, 11) is 0. The van der Waals surface area contributed by atoms with Crippen LogP contribution >= 0.6 is 0 Å². The average Bonchev–Trinajstić information content (AvgIpc) is 3.58. The molecule has 2 saturated heterocycles. The quantitative estimate of drug-likeness (QED) is 0.813. The second-order valence-corrected chi connectivity index (χ2v) is 7.86. The van der Waals surface area contributed by atoms with E-state index in [1.807, 2.05) is 45.0 Å². The van der Waals surface area contributed by atoms with Crippen molar-refractivity contribution >= 4 is 17.7 Å². The van der Waals surface area contributed by atoms with Crippen LogP contribution in [0.4, 0.5) is 0 Å². The molecule has 6 nitrogen and oxygen atoms in total. The molecule has 3 fully saturated rings. The first kappa shape index (κ1) is 18.0. The molecule has 4 rings (SSSR count). The summed E-state index contributed by atoms with van der Waals surface area (Å²) in [4.78, 5) is 43.2. The van der Waals surface area contributed by atoms with Crippen molar-refractivity contribution in [1.29, 1.82) is 0 Å². The summed E-state index contributed by atoms with van der Waals surface area (Å²) in [6.07, 6.45) is 3.59. The van der Waals surface area contributed by atoms with E-state index in [2.05, 4.69) is 0 Å². The number of carbonyl (C=O) groups excluding carboxylic acids is 3. The lowest BCUT2D eigenvalue weighted by Gasteiger charge is -2.38. The van der Waals surface area contributed by atoms with Crippen LogP contribution in [0.25, 0.3) is 0 Å². The van der Waals surface area contributed by atoms with Crippen LogP contribution in [0.5, 0.6) is 0 Å². The Morgan fingerprint density at radius 2 is 1.11 bits per heavy atom. The third kappa shape index (κ3) is 3.99. The van der Waals surface area contributed by atoms with Crippen molar-refractivity contribution in [2.45, 2.75) is 25.7 Å². The minimum Gasteiger partial charge on any atom is -0.342 e. The summed E-state index contributed by atoms with van der Waals surface area (Å²) >= 11 is 0. The smallest absolute Gasteiger partial charge is 0.253 e. The number of hydrogen-bond acceptors (Lipinski definition) is 3. The van der Waals surface area contributed by atoms with Gasteiger partial charge in [-0.05, 0) is 37.8 Å². The van der Waals surface area contributed by atoms with Gasteiger partial charge in [0, 0.05) is 56.7 Å². The minimum atomic E-state index is 0.0182. The predicted molar refractivity (Wildman–Crippen MR) is 101 cm³/mol. The third-order valence-electron chi connectivity index (χ3n) is 5.98. The summed E-state index contributed by atoms with van der Waals surface area (Å²) in [5.41, 5.74) is 0.699. The minimum absolute atomic E-state index is 0.0182. The molecule has 1 aliphatic carbocycles. The van der Waals surface area contributed by atoms with E-state index in [4.69, 9.17) is 0 Å². The third-order valence-corrected chi connectivity index (χ3v) is 5.98. The van der Waals surface area contributed by atoms with Crippen molar-refractivity contribution < 1.29 is 14.4 Å². The molecule has 6 heteroatoms. The Labute approximate surface area is 160 Å². The van der Waals surface area contributed by atoms with Crippen molar-refractivity contribution in [2.24, 2.45) is 11.8 Å². The highest BCUT2D eigenvalue weighted by atomic mass is 16.2. The first-order valence-corrected chi connectivity index (χ1v) is 10.1. The van der Waals surface area contributed by atoms with E-state index in [9.17, 15) is 14.4 Å². The zero-order valence-corrected chi connectivity index (χ0v) is 15.7. The van der Waals surface area contributed by atoms with Gasteiger partial charge in [0.1, 0.15) is 0 Å². The summed E-state index contributed by atoms with van der Waals surface area (Å²) < 4.78 is 0. The number of piperazine rings is 1. The van der Waals surface area contributed by atoms with Gasteiger partial charge in [-0.2, -0.15) is 0 Å². The van der Waals surface area contributed by atoms with Crippen LogP contribution in [0.15, 0.2) is 30.3 Å². The Morgan fingerprint density at radius 1 is 0.630 bits per heavy atom. The van der Waals surface area contributed by atoms with Crippen molar-refractivity contribution in [1.82, 2.24) is 14.7 Å². The molecule has 0 bridgehead atoms. The van der Waals surface area contributed by atoms with Gasteiger partial charge in [0.25, 0.3) is 5.91 Å². The number of rotatable bonds is 3. The Balaban J connectivity index is 1.25. The van der Waals surface area contributed by atoms with Gasteiger partial charge >= 0.3 is 0 Å². The zero-order valence-electron chi connectivity index (χ0n) is 15.7. The maximum atomic E-state index is 12.8. The van der Waals surface area contributed by atoms with Gasteiger partial charge in [-0.25, -0.2) is 0 Å². The van der Waals surface area contributed by atoms with E-state index >= 15 is 0 Å². The Morgan fingerprint density at radius 3 is 1.67 bits per heavy atom. The summed E-state index contributed by atoms with van der Waals surface area (Å²) in [6, 6.07) is 9.30. The second-order valence-electron chi connectivity index (χ2n) is 7.86. The van der Waals surface area contributed by atoms with Crippen LogP contribution in [0.2, 0.25) is 0 Å². The molecule has 1 aromatic rings. The summed E-state index contributed by atoms with van der Waals surface area (Å²) in [5, 5.41) is 0. The maximum absolute atomic E-state index is 12.8. The van der Waals surface area contributed by atoms with Crippen LogP contribution in [-0.2, 0) is 9.59 Å². The number of hydrogen-bond donors (Lipinski definition) is 0. The SMILES string of the molecule is O=C(c1ccccc1)N1CCN(C(=O)C2CCN(C(=O)C3CC3)CC2)CC1. The maximum Gasteiger partial charge on any atom is 0.253 e. The molecule has 1 aromatic carbocycles. The van der Waals surface area contributed by atoms with Gasteiger partial charge in [-0.1, -0.05) is 18.2 Å². The van der Waals surface area contributed by atoms with Crippen LogP contribution in [-0.4, -0.2) is 71.7 Å². The molecule has 0 N–H and O–H groups in total. The molecule has 0 atom stereocenters. The van der Waals surface area contributed by atoms with E-state index in [1.165, 1.54) is 0 Å². The second kappa shape index (κ2) is 7.71. The number of nitrogens with zero attached hydrogens (tertiary/aromatic N) is 3. The molecule has 144 valence electrons. The molecule has 1 saturated carbocycles. The number of piperidine rings is 1. The summed E-state index contributed by atoms with van der Waals surface area (Å²) in [5.74, 6) is 0.793. The van der Waals surface area contributed by atoms with E-state index < -0.39 is 0 Å². The molecule has 3 amide bonds. The van der Waals surface area contributed by atoms with E-state index in [0.29, 0.717) is 44.8 Å². The first-order chi connectivity index (χ1) is 13.1. The zero-order chi connectivity index (χ0) is 18.8. The molecule has 0 spiro atoms. The lowest BCUT2D eigenvalue weighted by molar-refractivity contribution is -0.142. The van der Waals surface area contributed by atoms with Gasteiger partial charge < -0.3 is 14.7 Å². The molecule has 2 heterocycles. The fraction of sp³-hybridized carbons (Fsp3) is 0.571. The fourth-order valence-corrected chi connectivity index (χ4v) is 4.09. The van der Waals surface area contributed by atoms with Crippen LogP contribution in [0, 0.1) is 11.8 Å². The van der Waals surface area contributed by atoms with Gasteiger partial charge in [0.2, 0.25) is 11.8 Å². The highest BCUT2D eigenvalue weighted by Gasteiger charge is 2.37. The Kier molecular flexibility index (Phi) is 5.14. The van der Waals surface area contributed by atoms with Gasteiger partial charge in [-0.15, -0.1) is 0 Å². The standard InChI is InChI=1S/C21H27N3O3/c25-19(16-4-2-1-3-5-16)23-12-14-24(15-13-23)21(27)18-8-10-22(11-9-18)20(26)17-6-7-17/h1-5,17-18H,6-15H2. The molecular formula is C21H27N3O3. The van der Waals surface area contributed by atoms with Crippen molar-refractivity contribution in [3.05, 3.63) is 35.9 Å². The highest BCUT2D eigenvalue weighted by Crippen LogP contribution is 2.32. The molecule has 2 aliphatic heterocycles. The molecule has 0 aromatic heterocycles. The highest BCUT2D eigenvalue weighted by molar-refractivity contribution is 5.94. The monoisotopic (exact) mass is 369 g/mol. The van der Waals surface area contributed by atoms with E-state index in [-0.39, 0.29) is 29.6 Å². The Hall–Kier alpha value is -2.37. The first-order valence-electron chi connectivity index (χ1n) is 10.1. The molecule has 27 heavy (non-hydrogen) atoms. The molecular weight excluding hydrogens is 342 g/mol. The number of likely N-dealkylation sites (tertiary alicyclic amines) is 1. The van der Waals surface area contributed by atoms with Crippen LogP contribution < -0.4 is 0 Å². The van der Waals surface area contributed by atoms with Crippen LogP contribution in [0.1, 0.15) is 36.0 Å². The topological polar surface area (TPSA) is 60.9 Å². The van der Waals surface area contributed by atoms with E-state index in [1.54, 1.807) is 0 Å². The fourth-order valence-electron chi connectivity index (χ4n) is 4.09. The van der Waals surface area contributed by atoms with Crippen LogP contribution in [0.3, 0.4) is 0 Å². The van der Waals surface area contributed by atoms with Gasteiger partial charge in [0.05, 0.1) is 0 Å². The van der Waals surface area contributed by atoms with Crippen molar-refractivity contribution in [3.63, 3.8) is 0 Å². The molecule has 3 aliphatic rings. The number of carbonyl (C=O) groups is 3. The Bertz CT molecular complexity index is 701. The molecule has 0 unspecified atom stereocenters. The van der Waals surface area contributed by atoms with Gasteiger partial charge in [0.15, 0.2) is 0 Å². The predicted octanol–water partition coefficient (Wildman–Crippen LogP) is 1.62. The van der Waals surface area contributed by atoms with Crippen molar-refractivity contribution in [2.75, 3.05) is 39.3 Å².